The molecule has 1 aliphatic rings. The second-order valence-electron chi connectivity index (χ2n) is 11.6. The number of phenolic OH excluding ortho intramolecular Hbond substituents is 1. The predicted octanol–water partition coefficient (Wildman–Crippen LogP) is 6.96. The first-order valence-electron chi connectivity index (χ1n) is 12.3. The van der Waals surface area contributed by atoms with Gasteiger partial charge in [0.2, 0.25) is 0 Å². The van der Waals surface area contributed by atoms with Gasteiger partial charge in [0.25, 0.3) is 0 Å². The molecule has 0 aromatic heterocycles. The van der Waals surface area contributed by atoms with Gasteiger partial charge in [-0.3, -0.25) is 10.2 Å². The highest BCUT2D eigenvalue weighted by molar-refractivity contribution is 6.06. The zero-order chi connectivity index (χ0) is 25.3. The van der Waals surface area contributed by atoms with Crippen molar-refractivity contribution < 1.29 is 9.90 Å². The number of aromatic hydroxyl groups is 1. The molecule has 2 aromatic carbocycles. The molecule has 1 aliphatic heterocycles. The second-order valence-corrected chi connectivity index (χ2v) is 11.6. The number of hydrogen-bond acceptors (Lipinski definition) is 3. The van der Waals surface area contributed by atoms with E-state index >= 15 is 0 Å². The molecule has 0 radical (unpaired) electrons. The van der Waals surface area contributed by atoms with Crippen LogP contribution in [0.1, 0.15) is 88.4 Å². The van der Waals surface area contributed by atoms with Crippen molar-refractivity contribution in [3.05, 3.63) is 70.3 Å². The molecule has 2 N–H and O–H groups in total. The van der Waals surface area contributed by atoms with Crippen LogP contribution in [-0.2, 0) is 10.8 Å². The third-order valence-corrected chi connectivity index (χ3v) is 6.61. The summed E-state index contributed by atoms with van der Waals surface area (Å²) in [6.07, 6.45) is 4.13. The van der Waals surface area contributed by atoms with Gasteiger partial charge >= 0.3 is 0 Å². The first-order valence-corrected chi connectivity index (χ1v) is 12.3. The summed E-state index contributed by atoms with van der Waals surface area (Å²) in [5.74, 6) is 0.959. The van der Waals surface area contributed by atoms with Crippen LogP contribution in [0.4, 0.5) is 0 Å². The quantitative estimate of drug-likeness (QED) is 0.458. The Balaban J connectivity index is 1.93. The third kappa shape index (κ3) is 5.60. The molecule has 0 aliphatic carbocycles. The van der Waals surface area contributed by atoms with Gasteiger partial charge in [-0.15, -0.1) is 0 Å². The van der Waals surface area contributed by atoms with Crippen molar-refractivity contribution in [1.82, 2.24) is 4.90 Å². The number of Topliss-reactive ketones (excluding diaryl/α,β-unsaturated/α-hetero) is 1. The lowest BCUT2D eigenvalue weighted by Gasteiger charge is -2.28. The van der Waals surface area contributed by atoms with Crippen LogP contribution >= 0.6 is 0 Å². The molecule has 1 unspecified atom stereocenters. The number of nitrogens with one attached hydrogen (secondary N) is 1. The average molecular weight is 461 g/mol. The first-order chi connectivity index (χ1) is 15.8. The molecule has 1 saturated heterocycles. The minimum Gasteiger partial charge on any atom is -0.507 e. The maximum atomic E-state index is 13.5. The van der Waals surface area contributed by atoms with Crippen LogP contribution in [0, 0.1) is 11.3 Å². The molecule has 0 saturated carbocycles. The van der Waals surface area contributed by atoms with E-state index in [2.05, 4.69) is 66.7 Å². The number of carbonyl (C=O) groups excluding carboxylic acids is 1. The van der Waals surface area contributed by atoms with E-state index in [0.29, 0.717) is 17.9 Å². The smallest absolute Gasteiger partial charge is 0.182 e. The largest absolute Gasteiger partial charge is 0.507 e. The zero-order valence-electron chi connectivity index (χ0n) is 21.8. The standard InChI is InChI=1S/C30H40N2O2/c1-8-12-21-18-32(28(31)23(21)15-20-13-10-9-11-14-20)19-26(33)22-16-24(29(2,3)4)27(34)25(17-22)30(5,6)7/h9-11,13-17,21,31,34H,8,12,18-19H2,1-7H3. The Morgan fingerprint density at radius 3 is 2.12 bits per heavy atom. The van der Waals surface area contributed by atoms with Crippen LogP contribution < -0.4 is 0 Å². The molecule has 2 aromatic rings. The van der Waals surface area contributed by atoms with Gasteiger partial charge in [0, 0.05) is 29.2 Å². The maximum absolute atomic E-state index is 13.5. The molecule has 4 nitrogen and oxygen atoms in total. The SMILES string of the molecule is CCCC1CN(CC(=O)c2cc(C(C)(C)C)c(O)c(C(C)(C)C)c2)C(=N)C1=Cc1ccccc1. The van der Waals surface area contributed by atoms with E-state index in [0.717, 1.165) is 35.1 Å². The molecule has 0 bridgehead atoms. The topological polar surface area (TPSA) is 64.4 Å². The van der Waals surface area contributed by atoms with Crippen LogP contribution in [0.15, 0.2) is 48.0 Å². The van der Waals surface area contributed by atoms with Gasteiger partial charge in [-0.05, 0) is 46.6 Å². The van der Waals surface area contributed by atoms with Crippen LogP contribution in [0.2, 0.25) is 0 Å². The number of nitrogens with zero attached hydrogens (tertiary/aromatic N) is 1. The summed E-state index contributed by atoms with van der Waals surface area (Å²) in [4.78, 5) is 15.4. The highest BCUT2D eigenvalue weighted by atomic mass is 16.3. The summed E-state index contributed by atoms with van der Waals surface area (Å²) < 4.78 is 0. The first kappa shape index (κ1) is 25.7. The molecule has 0 spiro atoms. The number of benzene rings is 2. The fourth-order valence-electron chi connectivity index (χ4n) is 4.69. The number of carbonyl (C=O) groups is 1. The molecule has 1 heterocycles. The average Bonchev–Trinajstić information content (AvgIpc) is 3.02. The van der Waals surface area contributed by atoms with E-state index in [-0.39, 0.29) is 34.8 Å². The summed E-state index contributed by atoms with van der Waals surface area (Å²) in [5.41, 5.74) is 3.68. The Morgan fingerprint density at radius 2 is 1.62 bits per heavy atom. The lowest BCUT2D eigenvalue weighted by atomic mass is 9.78. The molecular weight excluding hydrogens is 420 g/mol. The normalized spacial score (nSPS) is 18.1. The lowest BCUT2D eigenvalue weighted by molar-refractivity contribution is 0.0963. The van der Waals surface area contributed by atoms with Crippen molar-refractivity contribution in [3.8, 4) is 5.75 Å². The fraction of sp³-hybridized carbons (Fsp3) is 0.467. The van der Waals surface area contributed by atoms with E-state index in [1.54, 1.807) is 0 Å². The van der Waals surface area contributed by atoms with E-state index in [4.69, 9.17) is 5.41 Å². The van der Waals surface area contributed by atoms with Gasteiger partial charge in [0.15, 0.2) is 5.78 Å². The number of hydrogen-bond donors (Lipinski definition) is 2. The van der Waals surface area contributed by atoms with Crippen molar-refractivity contribution in [2.24, 2.45) is 5.92 Å². The monoisotopic (exact) mass is 460 g/mol. The van der Waals surface area contributed by atoms with Crippen LogP contribution in [-0.4, -0.2) is 34.7 Å². The summed E-state index contributed by atoms with van der Waals surface area (Å²) in [5, 5.41) is 19.9. The van der Waals surface area contributed by atoms with Crippen molar-refractivity contribution in [2.45, 2.75) is 72.1 Å². The molecule has 3 rings (SSSR count). The summed E-state index contributed by atoms with van der Waals surface area (Å²) in [6, 6.07) is 13.8. The van der Waals surface area contributed by atoms with Gasteiger partial charge in [0.05, 0.1) is 6.54 Å². The van der Waals surface area contributed by atoms with E-state index in [1.165, 1.54) is 0 Å². The molecule has 4 heteroatoms. The second kappa shape index (κ2) is 9.77. The van der Waals surface area contributed by atoms with Crippen LogP contribution in [0.25, 0.3) is 6.08 Å². The highest BCUT2D eigenvalue weighted by Gasteiger charge is 2.34. The minimum atomic E-state index is -0.293. The van der Waals surface area contributed by atoms with Crippen LogP contribution in [0.3, 0.4) is 0 Å². The minimum absolute atomic E-state index is 0.0167. The Bertz CT molecular complexity index is 1050. The number of likely N-dealkylation sites (tertiary alicyclic amines) is 1. The van der Waals surface area contributed by atoms with Crippen molar-refractivity contribution >= 4 is 17.7 Å². The Kier molecular flexibility index (Phi) is 7.40. The number of amidine groups is 1. The lowest BCUT2D eigenvalue weighted by Crippen LogP contribution is -2.31. The Labute approximate surface area is 205 Å². The molecule has 0 amide bonds. The van der Waals surface area contributed by atoms with E-state index < -0.39 is 0 Å². The third-order valence-electron chi connectivity index (χ3n) is 6.61. The zero-order valence-corrected chi connectivity index (χ0v) is 21.8. The summed E-state index contributed by atoms with van der Waals surface area (Å²) in [7, 11) is 0. The molecule has 1 atom stereocenters. The van der Waals surface area contributed by atoms with Gasteiger partial charge in [0.1, 0.15) is 11.6 Å². The van der Waals surface area contributed by atoms with Gasteiger partial charge in [-0.1, -0.05) is 85.2 Å². The summed E-state index contributed by atoms with van der Waals surface area (Å²) >= 11 is 0. The van der Waals surface area contributed by atoms with Crippen molar-refractivity contribution in [1.29, 1.82) is 5.41 Å². The maximum Gasteiger partial charge on any atom is 0.182 e. The molecule has 1 fully saturated rings. The van der Waals surface area contributed by atoms with E-state index in [9.17, 15) is 9.90 Å². The number of phenols is 1. The molecule has 34 heavy (non-hydrogen) atoms. The highest BCUT2D eigenvalue weighted by Crippen LogP contribution is 2.40. The summed E-state index contributed by atoms with van der Waals surface area (Å²) in [6.45, 7) is 15.3. The van der Waals surface area contributed by atoms with Gasteiger partial charge < -0.3 is 10.0 Å². The van der Waals surface area contributed by atoms with Gasteiger partial charge in [-0.25, -0.2) is 0 Å². The van der Waals surface area contributed by atoms with Crippen LogP contribution in [0.5, 0.6) is 5.75 Å². The molecule has 182 valence electrons. The van der Waals surface area contributed by atoms with Crippen molar-refractivity contribution in [2.75, 3.05) is 13.1 Å². The van der Waals surface area contributed by atoms with Gasteiger partial charge in [-0.2, -0.15) is 0 Å². The Hall–Kier alpha value is -2.88. The fourth-order valence-corrected chi connectivity index (χ4v) is 4.69. The van der Waals surface area contributed by atoms with E-state index in [1.807, 2.05) is 35.2 Å². The predicted molar refractivity (Wildman–Crippen MR) is 142 cm³/mol. The number of rotatable bonds is 6. The molecular formula is C30H40N2O2. The van der Waals surface area contributed by atoms with Crippen molar-refractivity contribution in [3.63, 3.8) is 0 Å². The Morgan fingerprint density at radius 1 is 1.06 bits per heavy atom. The number of ketones is 1.